The monoisotopic (exact) mass is 316 g/mol. The second-order valence-electron chi connectivity index (χ2n) is 5.25. The van der Waals surface area contributed by atoms with Gasteiger partial charge in [-0.15, -0.1) is 11.3 Å². The molecule has 4 heteroatoms. The first-order valence-corrected chi connectivity index (χ1v) is 7.87. The van der Waals surface area contributed by atoms with E-state index in [2.05, 4.69) is 40.0 Å². The van der Waals surface area contributed by atoms with Crippen LogP contribution < -0.4 is 5.73 Å². The van der Waals surface area contributed by atoms with Crippen LogP contribution in [0.1, 0.15) is 24.1 Å². The third-order valence-electron chi connectivity index (χ3n) is 3.82. The normalized spacial score (nSPS) is 18.4. The van der Waals surface area contributed by atoms with Crippen molar-refractivity contribution in [1.29, 1.82) is 0 Å². The van der Waals surface area contributed by atoms with E-state index in [9.17, 15) is 0 Å². The molecule has 17 heavy (non-hydrogen) atoms. The lowest BCUT2D eigenvalue weighted by molar-refractivity contribution is 0.0883. The highest BCUT2D eigenvalue weighted by Crippen LogP contribution is 2.40. The Morgan fingerprint density at radius 1 is 1.47 bits per heavy atom. The van der Waals surface area contributed by atoms with E-state index in [0.717, 1.165) is 26.1 Å². The number of rotatable bonds is 6. The summed E-state index contributed by atoms with van der Waals surface area (Å²) in [6.07, 6.45) is 5.15. The number of nitrogens with two attached hydrogens (primary N) is 1. The molecule has 0 saturated heterocycles. The summed E-state index contributed by atoms with van der Waals surface area (Å²) in [4.78, 5) is 3.90. The average Bonchev–Trinajstić information content (AvgIpc) is 2.67. The van der Waals surface area contributed by atoms with Gasteiger partial charge in [0.25, 0.3) is 0 Å². The van der Waals surface area contributed by atoms with Crippen LogP contribution in [-0.4, -0.2) is 31.6 Å². The maximum Gasteiger partial charge on any atom is 0.0701 e. The lowest BCUT2D eigenvalue weighted by Gasteiger charge is -2.43. The summed E-state index contributed by atoms with van der Waals surface area (Å²) in [5, 5.41) is 0. The van der Waals surface area contributed by atoms with Crippen LogP contribution in [0.4, 0.5) is 0 Å². The topological polar surface area (TPSA) is 29.3 Å². The fraction of sp³-hybridized carbons (Fsp3) is 0.692. The quantitative estimate of drug-likeness (QED) is 0.873. The maximum absolute atomic E-state index is 5.90. The summed E-state index contributed by atoms with van der Waals surface area (Å²) in [5.41, 5.74) is 6.33. The van der Waals surface area contributed by atoms with Gasteiger partial charge in [-0.05, 0) is 66.3 Å². The highest BCUT2D eigenvalue weighted by atomic mass is 79.9. The van der Waals surface area contributed by atoms with Gasteiger partial charge < -0.3 is 10.6 Å². The fourth-order valence-electron chi connectivity index (χ4n) is 2.54. The Morgan fingerprint density at radius 2 is 2.24 bits per heavy atom. The Hall–Kier alpha value is 0.1000. The number of hydrogen-bond acceptors (Lipinski definition) is 3. The first-order valence-electron chi connectivity index (χ1n) is 6.26. The van der Waals surface area contributed by atoms with Gasteiger partial charge in [-0.2, -0.15) is 0 Å². The average molecular weight is 317 g/mol. The molecule has 0 aromatic carbocycles. The molecule has 1 aromatic rings. The van der Waals surface area contributed by atoms with E-state index in [1.54, 1.807) is 0 Å². The first kappa shape index (κ1) is 13.5. The number of hydrogen-bond donors (Lipinski definition) is 1. The van der Waals surface area contributed by atoms with E-state index in [4.69, 9.17) is 5.73 Å². The predicted molar refractivity (Wildman–Crippen MR) is 78.6 cm³/mol. The third-order valence-corrected chi connectivity index (χ3v) is 5.50. The van der Waals surface area contributed by atoms with E-state index < -0.39 is 0 Å². The molecule has 2 nitrogen and oxygen atoms in total. The number of likely N-dealkylation sites (N-methyl/N-ethyl adjacent to an activating group) is 1. The van der Waals surface area contributed by atoms with E-state index in [1.807, 2.05) is 11.3 Å². The minimum absolute atomic E-state index is 0.435. The van der Waals surface area contributed by atoms with E-state index >= 15 is 0 Å². The summed E-state index contributed by atoms with van der Waals surface area (Å²) in [5.74, 6) is 0. The molecule has 0 unspecified atom stereocenters. The first-order chi connectivity index (χ1) is 8.13. The highest BCUT2D eigenvalue weighted by molar-refractivity contribution is 9.11. The molecule has 0 bridgehead atoms. The molecule has 2 N–H and O–H groups in total. The second-order valence-corrected chi connectivity index (χ2v) is 7.80. The van der Waals surface area contributed by atoms with Gasteiger partial charge in [0.05, 0.1) is 3.79 Å². The van der Waals surface area contributed by atoms with Crippen molar-refractivity contribution in [1.82, 2.24) is 4.90 Å². The van der Waals surface area contributed by atoms with E-state index in [-0.39, 0.29) is 0 Å². The van der Waals surface area contributed by atoms with Crippen molar-refractivity contribution >= 4 is 27.3 Å². The molecule has 0 radical (unpaired) electrons. The zero-order valence-corrected chi connectivity index (χ0v) is 12.8. The van der Waals surface area contributed by atoms with Gasteiger partial charge in [-0.3, -0.25) is 0 Å². The van der Waals surface area contributed by atoms with Gasteiger partial charge in [0.1, 0.15) is 0 Å². The molecular formula is C13H21BrN2S. The fourth-order valence-corrected chi connectivity index (χ4v) is 4.01. The largest absolute Gasteiger partial charge is 0.330 e. The molecule has 0 atom stereocenters. The van der Waals surface area contributed by atoms with Crippen LogP contribution in [0.15, 0.2) is 15.9 Å². The van der Waals surface area contributed by atoms with Crippen LogP contribution in [0.2, 0.25) is 0 Å². The molecule has 1 aliphatic carbocycles. The van der Waals surface area contributed by atoms with Gasteiger partial charge >= 0.3 is 0 Å². The Labute approximate surface area is 116 Å². The molecule has 0 amide bonds. The summed E-state index contributed by atoms with van der Waals surface area (Å²) in [6.45, 7) is 3.15. The Bertz CT molecular complexity index is 355. The van der Waals surface area contributed by atoms with Crippen molar-refractivity contribution in [2.75, 3.05) is 26.7 Å². The summed E-state index contributed by atoms with van der Waals surface area (Å²) in [7, 11) is 2.22. The van der Waals surface area contributed by atoms with Crippen LogP contribution >= 0.6 is 27.3 Å². The summed E-state index contributed by atoms with van der Waals surface area (Å²) >= 11 is 5.35. The zero-order chi connectivity index (χ0) is 12.3. The Kier molecular flexibility index (Phi) is 4.64. The second kappa shape index (κ2) is 5.83. The number of halogens is 1. The van der Waals surface area contributed by atoms with Crippen LogP contribution in [0.3, 0.4) is 0 Å². The van der Waals surface area contributed by atoms with E-state index in [0.29, 0.717) is 5.41 Å². The minimum Gasteiger partial charge on any atom is -0.330 e. The molecule has 1 aliphatic rings. The Morgan fingerprint density at radius 3 is 2.71 bits per heavy atom. The molecule has 0 spiro atoms. The molecule has 1 fully saturated rings. The Balaban J connectivity index is 1.75. The third kappa shape index (κ3) is 3.53. The van der Waals surface area contributed by atoms with Gasteiger partial charge in [-0.25, -0.2) is 0 Å². The van der Waals surface area contributed by atoms with Crippen LogP contribution in [-0.2, 0) is 6.42 Å². The van der Waals surface area contributed by atoms with Crippen molar-refractivity contribution in [3.05, 3.63) is 20.8 Å². The van der Waals surface area contributed by atoms with Crippen molar-refractivity contribution in [2.45, 2.75) is 25.7 Å². The number of nitrogens with zero attached hydrogens (tertiary/aromatic N) is 1. The van der Waals surface area contributed by atoms with Gasteiger partial charge in [0.15, 0.2) is 0 Å². The lowest BCUT2D eigenvalue weighted by atomic mass is 9.68. The summed E-state index contributed by atoms with van der Waals surface area (Å²) in [6, 6.07) is 4.35. The van der Waals surface area contributed by atoms with E-state index in [1.165, 1.54) is 27.9 Å². The molecule has 1 heterocycles. The zero-order valence-electron chi connectivity index (χ0n) is 10.4. The predicted octanol–water partition coefficient (Wildman–Crippen LogP) is 3.11. The highest BCUT2D eigenvalue weighted by Gasteiger charge is 2.36. The smallest absolute Gasteiger partial charge is 0.0701 e. The van der Waals surface area contributed by atoms with Crippen LogP contribution in [0.5, 0.6) is 0 Å². The molecule has 96 valence electrons. The molecule has 1 aromatic heterocycles. The molecule has 2 rings (SSSR count). The SMILES string of the molecule is CN(CCc1ccc(Br)s1)CC1(CN)CCC1. The van der Waals surface area contributed by atoms with Crippen molar-refractivity contribution in [3.8, 4) is 0 Å². The lowest BCUT2D eigenvalue weighted by Crippen LogP contribution is -2.46. The van der Waals surface area contributed by atoms with Crippen LogP contribution in [0, 0.1) is 5.41 Å². The molecule has 1 saturated carbocycles. The van der Waals surface area contributed by atoms with Gasteiger partial charge in [-0.1, -0.05) is 6.42 Å². The van der Waals surface area contributed by atoms with Crippen LogP contribution in [0.25, 0.3) is 0 Å². The number of thiophene rings is 1. The van der Waals surface area contributed by atoms with Gasteiger partial charge in [0.2, 0.25) is 0 Å². The van der Waals surface area contributed by atoms with Gasteiger partial charge in [0, 0.05) is 18.0 Å². The minimum atomic E-state index is 0.435. The molecular weight excluding hydrogens is 296 g/mol. The summed E-state index contributed by atoms with van der Waals surface area (Å²) < 4.78 is 1.23. The standard InChI is InChI=1S/C13H21BrN2S/c1-16(10-13(9-15)6-2-7-13)8-5-11-3-4-12(14)17-11/h3-4H,2,5-10,15H2,1H3. The van der Waals surface area contributed by atoms with Crippen molar-refractivity contribution in [3.63, 3.8) is 0 Å². The van der Waals surface area contributed by atoms with Crippen molar-refractivity contribution in [2.24, 2.45) is 11.1 Å². The maximum atomic E-state index is 5.90. The van der Waals surface area contributed by atoms with Crippen molar-refractivity contribution < 1.29 is 0 Å². The molecule has 0 aliphatic heterocycles.